The second kappa shape index (κ2) is 10.1. The minimum absolute atomic E-state index is 0. The Morgan fingerprint density at radius 2 is 2.00 bits per heavy atom. The molecule has 2 fully saturated rings. The van der Waals surface area contributed by atoms with E-state index in [1.165, 1.54) is 12.1 Å². The molecule has 1 aliphatic heterocycles. The molecule has 8 heteroatoms. The number of halogens is 4. The number of amides is 1. The summed E-state index contributed by atoms with van der Waals surface area (Å²) < 4.78 is 13.2. The minimum atomic E-state index is -0.678. The number of nitrogens with two attached hydrogens (primary N) is 1. The second-order valence-electron chi connectivity index (χ2n) is 7.15. The minimum Gasteiger partial charge on any atom is -0.350 e. The quantitative estimate of drug-likeness (QED) is 0.772. The zero-order chi connectivity index (χ0) is 17.2. The average Bonchev–Trinajstić information content (AvgIpc) is 2.99. The molecule has 3 N–H and O–H groups in total. The SMILES string of the molecule is Cl.Cl.NC1(C(=O)NC2CCCN(Cc3ccc(F)cc3Cl)C2)CCCC1. The molecule has 0 aromatic heterocycles. The Labute approximate surface area is 171 Å². The molecular weight excluding hydrogens is 400 g/mol. The van der Waals surface area contributed by atoms with Crippen LogP contribution in [0.25, 0.3) is 0 Å². The summed E-state index contributed by atoms with van der Waals surface area (Å²) in [6, 6.07) is 4.63. The van der Waals surface area contributed by atoms with Gasteiger partial charge in [0.15, 0.2) is 0 Å². The Bertz CT molecular complexity index is 611. The lowest BCUT2D eigenvalue weighted by molar-refractivity contribution is -0.127. The van der Waals surface area contributed by atoms with Crippen LogP contribution in [0.1, 0.15) is 44.1 Å². The lowest BCUT2D eigenvalue weighted by Crippen LogP contribution is -2.57. The van der Waals surface area contributed by atoms with E-state index in [2.05, 4.69) is 10.2 Å². The maximum absolute atomic E-state index is 13.2. The van der Waals surface area contributed by atoms with Gasteiger partial charge < -0.3 is 11.1 Å². The number of hydrogen-bond acceptors (Lipinski definition) is 3. The molecule has 0 bridgehead atoms. The molecule has 1 aliphatic carbocycles. The highest BCUT2D eigenvalue weighted by atomic mass is 35.5. The number of nitrogens with zero attached hydrogens (tertiary/aromatic N) is 1. The van der Waals surface area contributed by atoms with Gasteiger partial charge in [0.1, 0.15) is 5.82 Å². The van der Waals surface area contributed by atoms with Crippen LogP contribution in [0.4, 0.5) is 4.39 Å². The molecule has 1 amide bonds. The van der Waals surface area contributed by atoms with E-state index in [9.17, 15) is 9.18 Å². The third-order valence-corrected chi connectivity index (χ3v) is 5.55. The molecule has 1 unspecified atom stereocenters. The molecule has 1 aromatic rings. The molecule has 2 aliphatic rings. The van der Waals surface area contributed by atoms with Crippen LogP contribution in [0.15, 0.2) is 18.2 Å². The van der Waals surface area contributed by atoms with Gasteiger partial charge >= 0.3 is 0 Å². The highest BCUT2D eigenvalue weighted by molar-refractivity contribution is 6.31. The van der Waals surface area contributed by atoms with E-state index in [-0.39, 0.29) is 42.6 Å². The molecule has 1 saturated carbocycles. The van der Waals surface area contributed by atoms with Crippen molar-refractivity contribution >= 4 is 42.3 Å². The summed E-state index contributed by atoms with van der Waals surface area (Å²) in [7, 11) is 0. The first-order valence-electron chi connectivity index (χ1n) is 8.72. The first-order chi connectivity index (χ1) is 11.5. The van der Waals surface area contributed by atoms with E-state index < -0.39 is 5.54 Å². The van der Waals surface area contributed by atoms with Crippen LogP contribution in [0, 0.1) is 5.82 Å². The highest BCUT2D eigenvalue weighted by Gasteiger charge is 2.38. The topological polar surface area (TPSA) is 58.4 Å². The van der Waals surface area contributed by atoms with E-state index in [0.717, 1.165) is 57.2 Å². The van der Waals surface area contributed by atoms with Crippen molar-refractivity contribution in [2.24, 2.45) is 5.73 Å². The van der Waals surface area contributed by atoms with Crippen LogP contribution >= 0.6 is 36.4 Å². The number of carbonyl (C=O) groups excluding carboxylic acids is 1. The van der Waals surface area contributed by atoms with E-state index in [0.29, 0.717) is 11.6 Å². The molecule has 26 heavy (non-hydrogen) atoms. The summed E-state index contributed by atoms with van der Waals surface area (Å²) in [5, 5.41) is 3.59. The molecule has 148 valence electrons. The molecular formula is C18H27Cl3FN3O. The molecule has 4 nitrogen and oxygen atoms in total. The lowest BCUT2D eigenvalue weighted by atomic mass is 9.96. The molecule has 1 aromatic carbocycles. The lowest BCUT2D eigenvalue weighted by Gasteiger charge is -2.35. The summed E-state index contributed by atoms with van der Waals surface area (Å²) in [5.74, 6) is -0.330. The van der Waals surface area contributed by atoms with Crippen molar-refractivity contribution in [1.82, 2.24) is 10.2 Å². The first kappa shape index (κ1) is 23.4. The fourth-order valence-corrected chi connectivity index (χ4v) is 4.00. The van der Waals surface area contributed by atoms with Crippen LogP contribution in [-0.4, -0.2) is 35.5 Å². The summed E-state index contributed by atoms with van der Waals surface area (Å²) in [6.07, 6.45) is 5.60. The summed E-state index contributed by atoms with van der Waals surface area (Å²) in [5.41, 5.74) is 6.47. The van der Waals surface area contributed by atoms with Crippen LogP contribution in [0.3, 0.4) is 0 Å². The average molecular weight is 427 g/mol. The van der Waals surface area contributed by atoms with E-state index in [4.69, 9.17) is 17.3 Å². The Balaban J connectivity index is 0.00000169. The smallest absolute Gasteiger partial charge is 0.240 e. The summed E-state index contributed by atoms with van der Waals surface area (Å²) in [4.78, 5) is 14.7. The van der Waals surface area contributed by atoms with E-state index >= 15 is 0 Å². The van der Waals surface area contributed by atoms with Crippen molar-refractivity contribution in [2.75, 3.05) is 13.1 Å². The zero-order valence-electron chi connectivity index (χ0n) is 14.7. The van der Waals surface area contributed by atoms with Crippen molar-refractivity contribution in [3.8, 4) is 0 Å². The number of nitrogens with one attached hydrogen (secondary N) is 1. The largest absolute Gasteiger partial charge is 0.350 e. The zero-order valence-corrected chi connectivity index (χ0v) is 17.1. The normalized spacial score (nSPS) is 22.2. The predicted octanol–water partition coefficient (Wildman–Crippen LogP) is 3.67. The Kier molecular flexibility index (Phi) is 9.10. The Morgan fingerprint density at radius 3 is 2.65 bits per heavy atom. The number of rotatable bonds is 4. The first-order valence-corrected chi connectivity index (χ1v) is 9.10. The maximum Gasteiger partial charge on any atom is 0.240 e. The van der Waals surface area contributed by atoms with Gasteiger partial charge in [0.2, 0.25) is 5.91 Å². The van der Waals surface area contributed by atoms with Crippen molar-refractivity contribution in [1.29, 1.82) is 0 Å². The summed E-state index contributed by atoms with van der Waals surface area (Å²) in [6.45, 7) is 2.39. The van der Waals surface area contributed by atoms with Crippen molar-refractivity contribution in [3.63, 3.8) is 0 Å². The molecule has 0 spiro atoms. The molecule has 3 rings (SSSR count). The van der Waals surface area contributed by atoms with Gasteiger partial charge in [-0.15, -0.1) is 24.8 Å². The van der Waals surface area contributed by atoms with Crippen LogP contribution in [0.2, 0.25) is 5.02 Å². The standard InChI is InChI=1S/C18H25ClFN3O.2ClH/c19-16-10-14(20)6-5-13(16)11-23-9-3-4-15(12-23)22-17(24)18(21)7-1-2-8-18;;/h5-6,10,15H,1-4,7-9,11-12,21H2,(H,22,24);2*1H. The van der Waals surface area contributed by atoms with Gasteiger partial charge in [0, 0.05) is 24.2 Å². The number of hydrogen-bond donors (Lipinski definition) is 2. The second-order valence-corrected chi connectivity index (χ2v) is 7.55. The Morgan fingerprint density at radius 1 is 1.31 bits per heavy atom. The predicted molar refractivity (Wildman–Crippen MR) is 108 cm³/mol. The number of likely N-dealkylation sites (tertiary alicyclic amines) is 1. The van der Waals surface area contributed by atoms with Crippen molar-refractivity contribution in [2.45, 2.75) is 56.7 Å². The number of benzene rings is 1. The molecule has 1 saturated heterocycles. The number of carbonyl (C=O) groups is 1. The van der Waals surface area contributed by atoms with Gasteiger partial charge in [-0.1, -0.05) is 30.5 Å². The third-order valence-electron chi connectivity index (χ3n) is 5.20. The molecule has 0 radical (unpaired) electrons. The fraction of sp³-hybridized carbons (Fsp3) is 0.611. The summed E-state index contributed by atoms with van der Waals surface area (Å²) >= 11 is 6.12. The highest BCUT2D eigenvalue weighted by Crippen LogP contribution is 2.28. The van der Waals surface area contributed by atoms with Gasteiger partial charge in [-0.05, 0) is 49.9 Å². The van der Waals surface area contributed by atoms with Crippen LogP contribution < -0.4 is 11.1 Å². The van der Waals surface area contributed by atoms with Gasteiger partial charge in [-0.3, -0.25) is 9.69 Å². The Hall–Kier alpha value is -0.590. The van der Waals surface area contributed by atoms with Crippen molar-refractivity contribution in [3.05, 3.63) is 34.6 Å². The molecule has 1 heterocycles. The van der Waals surface area contributed by atoms with E-state index in [1.54, 1.807) is 6.07 Å². The van der Waals surface area contributed by atoms with Gasteiger partial charge in [-0.2, -0.15) is 0 Å². The fourth-order valence-electron chi connectivity index (χ4n) is 3.77. The van der Waals surface area contributed by atoms with Crippen LogP contribution in [0.5, 0.6) is 0 Å². The van der Waals surface area contributed by atoms with Gasteiger partial charge in [-0.25, -0.2) is 4.39 Å². The maximum atomic E-state index is 13.2. The number of piperidine rings is 1. The molecule has 1 atom stereocenters. The van der Waals surface area contributed by atoms with Gasteiger partial charge in [0.25, 0.3) is 0 Å². The van der Waals surface area contributed by atoms with Crippen molar-refractivity contribution < 1.29 is 9.18 Å². The third kappa shape index (κ3) is 5.70. The monoisotopic (exact) mass is 425 g/mol. The van der Waals surface area contributed by atoms with Crippen LogP contribution in [-0.2, 0) is 11.3 Å². The van der Waals surface area contributed by atoms with E-state index in [1.807, 2.05) is 0 Å². The van der Waals surface area contributed by atoms with Gasteiger partial charge in [0.05, 0.1) is 5.54 Å².